The largest absolute Gasteiger partial charge is 0.300 e. The van der Waals surface area contributed by atoms with Crippen molar-refractivity contribution in [2.24, 2.45) is 5.10 Å². The molecule has 0 bridgehead atoms. The van der Waals surface area contributed by atoms with Crippen molar-refractivity contribution in [3.05, 3.63) is 56.0 Å². The number of nitro benzene ring substituents is 1. The summed E-state index contributed by atoms with van der Waals surface area (Å²) in [5, 5.41) is 16.8. The molecule has 1 aromatic heterocycles. The van der Waals surface area contributed by atoms with Crippen LogP contribution in [0.1, 0.15) is 47.7 Å². The maximum atomic E-state index is 12.0. The van der Waals surface area contributed by atoms with E-state index in [4.69, 9.17) is 0 Å². The van der Waals surface area contributed by atoms with E-state index in [1.807, 2.05) is 19.2 Å². The Bertz CT molecular complexity index is 750. The first kappa shape index (κ1) is 16.8. The molecule has 0 radical (unpaired) electrons. The normalized spacial score (nSPS) is 11.6. The van der Waals surface area contributed by atoms with Gasteiger partial charge in [-0.3, -0.25) is 14.9 Å². The van der Waals surface area contributed by atoms with Gasteiger partial charge in [-0.1, -0.05) is 13.8 Å². The molecule has 0 atom stereocenters. The van der Waals surface area contributed by atoms with E-state index in [2.05, 4.69) is 15.5 Å². The number of nitro groups is 1. The number of nitrogens with one attached hydrogen (secondary N) is 1. The second-order valence-electron chi connectivity index (χ2n) is 5.17. The number of rotatable bonds is 5. The standard InChI is InChI=1S/C15H16N4O3S/c1-9(2)13-8-23-15(16-13)14(20)18-17-10(3)11-4-6-12(7-5-11)19(21)22/h4-9H,1-3H3,(H,18,20)/b17-10+. The van der Waals surface area contributed by atoms with E-state index < -0.39 is 4.92 Å². The molecule has 1 N–H and O–H groups in total. The molecule has 0 spiro atoms. The van der Waals surface area contributed by atoms with Crippen molar-refractivity contribution in [1.29, 1.82) is 0 Å². The van der Waals surface area contributed by atoms with Crippen LogP contribution in [0.5, 0.6) is 0 Å². The second kappa shape index (κ2) is 7.10. The van der Waals surface area contributed by atoms with Gasteiger partial charge in [0.05, 0.1) is 16.3 Å². The Morgan fingerprint density at radius 2 is 2.00 bits per heavy atom. The summed E-state index contributed by atoms with van der Waals surface area (Å²) in [4.78, 5) is 26.4. The van der Waals surface area contributed by atoms with Crippen LogP contribution >= 0.6 is 11.3 Å². The van der Waals surface area contributed by atoms with Crippen molar-refractivity contribution in [3.8, 4) is 0 Å². The van der Waals surface area contributed by atoms with Crippen molar-refractivity contribution >= 4 is 28.6 Å². The molecule has 0 saturated heterocycles. The first-order valence-corrected chi connectivity index (χ1v) is 7.81. The molecule has 23 heavy (non-hydrogen) atoms. The lowest BCUT2D eigenvalue weighted by Gasteiger charge is -2.01. The van der Waals surface area contributed by atoms with E-state index in [0.717, 1.165) is 5.69 Å². The fourth-order valence-corrected chi connectivity index (χ4v) is 2.60. The molecule has 8 heteroatoms. The molecule has 2 aromatic rings. The number of aromatic nitrogens is 1. The van der Waals surface area contributed by atoms with Gasteiger partial charge in [0, 0.05) is 17.5 Å². The van der Waals surface area contributed by atoms with Crippen LogP contribution in [0.4, 0.5) is 5.69 Å². The van der Waals surface area contributed by atoms with Crippen LogP contribution in [0.2, 0.25) is 0 Å². The van der Waals surface area contributed by atoms with Crippen molar-refractivity contribution < 1.29 is 9.72 Å². The molecule has 0 aliphatic heterocycles. The van der Waals surface area contributed by atoms with Gasteiger partial charge in [-0.2, -0.15) is 5.10 Å². The van der Waals surface area contributed by atoms with E-state index >= 15 is 0 Å². The number of hydrazone groups is 1. The molecule has 1 amide bonds. The molecule has 120 valence electrons. The van der Waals surface area contributed by atoms with Crippen LogP contribution in [0, 0.1) is 10.1 Å². The van der Waals surface area contributed by atoms with Gasteiger partial charge in [-0.15, -0.1) is 11.3 Å². The lowest BCUT2D eigenvalue weighted by Crippen LogP contribution is -2.19. The van der Waals surface area contributed by atoms with Gasteiger partial charge in [-0.05, 0) is 30.5 Å². The fourth-order valence-electron chi connectivity index (χ4n) is 1.73. The minimum Gasteiger partial charge on any atom is -0.265 e. The Kier molecular flexibility index (Phi) is 5.17. The van der Waals surface area contributed by atoms with Crippen LogP contribution < -0.4 is 5.43 Å². The van der Waals surface area contributed by atoms with Crippen LogP contribution in [0.15, 0.2) is 34.7 Å². The van der Waals surface area contributed by atoms with E-state index in [1.54, 1.807) is 19.1 Å². The third-order valence-corrected chi connectivity index (χ3v) is 3.99. The zero-order valence-corrected chi connectivity index (χ0v) is 13.8. The van der Waals surface area contributed by atoms with Gasteiger partial charge < -0.3 is 0 Å². The summed E-state index contributed by atoms with van der Waals surface area (Å²) in [6.45, 7) is 5.73. The minimum absolute atomic E-state index is 0.00888. The summed E-state index contributed by atoms with van der Waals surface area (Å²) in [5.41, 5.74) is 4.57. The van der Waals surface area contributed by atoms with Gasteiger partial charge in [0.15, 0.2) is 5.01 Å². The number of benzene rings is 1. The molecule has 0 fully saturated rings. The number of hydrogen-bond acceptors (Lipinski definition) is 6. The number of carbonyl (C=O) groups is 1. The van der Waals surface area contributed by atoms with Gasteiger partial charge >= 0.3 is 0 Å². The van der Waals surface area contributed by atoms with Gasteiger partial charge in [0.25, 0.3) is 11.6 Å². The number of hydrogen-bond donors (Lipinski definition) is 1. The molecule has 0 saturated carbocycles. The van der Waals surface area contributed by atoms with Crippen molar-refractivity contribution in [3.63, 3.8) is 0 Å². The van der Waals surface area contributed by atoms with E-state index in [9.17, 15) is 14.9 Å². The number of carbonyl (C=O) groups excluding carboxylic acids is 1. The highest BCUT2D eigenvalue weighted by molar-refractivity contribution is 7.11. The van der Waals surface area contributed by atoms with E-state index in [0.29, 0.717) is 16.3 Å². The summed E-state index contributed by atoms with van der Waals surface area (Å²) in [6, 6.07) is 5.96. The van der Waals surface area contributed by atoms with Crippen LogP contribution in [-0.4, -0.2) is 21.5 Å². The number of non-ortho nitro benzene ring substituents is 1. The topological polar surface area (TPSA) is 97.5 Å². The van der Waals surface area contributed by atoms with Gasteiger partial charge in [0.1, 0.15) is 0 Å². The first-order chi connectivity index (χ1) is 10.9. The summed E-state index contributed by atoms with van der Waals surface area (Å²) >= 11 is 1.27. The van der Waals surface area contributed by atoms with Crippen molar-refractivity contribution in [1.82, 2.24) is 10.4 Å². The number of amides is 1. The summed E-state index contributed by atoms with van der Waals surface area (Å²) in [5.74, 6) is -0.110. The molecular weight excluding hydrogens is 316 g/mol. The van der Waals surface area contributed by atoms with Crippen LogP contribution in [-0.2, 0) is 0 Å². The van der Waals surface area contributed by atoms with Crippen LogP contribution in [0.25, 0.3) is 0 Å². The third kappa shape index (κ3) is 4.19. The smallest absolute Gasteiger partial charge is 0.265 e. The Morgan fingerprint density at radius 3 is 2.52 bits per heavy atom. The first-order valence-electron chi connectivity index (χ1n) is 6.93. The lowest BCUT2D eigenvalue weighted by molar-refractivity contribution is -0.384. The molecule has 0 unspecified atom stereocenters. The monoisotopic (exact) mass is 332 g/mol. The quantitative estimate of drug-likeness (QED) is 0.516. The van der Waals surface area contributed by atoms with E-state index in [-0.39, 0.29) is 17.5 Å². The minimum atomic E-state index is -0.465. The average molecular weight is 332 g/mol. The van der Waals surface area contributed by atoms with Crippen LogP contribution in [0.3, 0.4) is 0 Å². The number of nitrogens with zero attached hydrogens (tertiary/aromatic N) is 3. The van der Waals surface area contributed by atoms with Gasteiger partial charge in [-0.25, -0.2) is 10.4 Å². The molecule has 2 rings (SSSR count). The van der Waals surface area contributed by atoms with Gasteiger partial charge in [0.2, 0.25) is 0 Å². The Labute approximate surface area is 137 Å². The molecule has 0 aliphatic rings. The number of thiazole rings is 1. The highest BCUT2D eigenvalue weighted by atomic mass is 32.1. The molecule has 1 aromatic carbocycles. The predicted molar refractivity (Wildman–Crippen MR) is 89.0 cm³/mol. The Morgan fingerprint density at radius 1 is 1.35 bits per heavy atom. The van der Waals surface area contributed by atoms with Crippen molar-refractivity contribution in [2.45, 2.75) is 26.7 Å². The summed E-state index contributed by atoms with van der Waals surface area (Å²) in [6.07, 6.45) is 0. The molecule has 7 nitrogen and oxygen atoms in total. The second-order valence-corrected chi connectivity index (χ2v) is 6.03. The summed E-state index contributed by atoms with van der Waals surface area (Å²) < 4.78 is 0. The zero-order valence-electron chi connectivity index (χ0n) is 12.9. The Balaban J connectivity index is 2.05. The van der Waals surface area contributed by atoms with E-state index in [1.165, 1.54) is 23.5 Å². The fraction of sp³-hybridized carbons (Fsp3) is 0.267. The molecule has 0 aliphatic carbocycles. The molecule has 1 heterocycles. The van der Waals surface area contributed by atoms with Crippen molar-refractivity contribution in [2.75, 3.05) is 0 Å². The predicted octanol–water partition coefficient (Wildman–Crippen LogP) is 3.33. The summed E-state index contributed by atoms with van der Waals surface area (Å²) in [7, 11) is 0. The zero-order chi connectivity index (χ0) is 17.0. The highest BCUT2D eigenvalue weighted by Gasteiger charge is 2.12. The third-order valence-electron chi connectivity index (χ3n) is 3.13. The average Bonchev–Trinajstić information content (AvgIpc) is 3.02. The Hall–Kier alpha value is -2.61. The maximum Gasteiger partial charge on any atom is 0.300 e. The SMILES string of the molecule is C/C(=N\NC(=O)c1nc(C(C)C)cs1)c1ccc([N+](=O)[O-])cc1. The molecular formula is C15H16N4O3S. The maximum absolute atomic E-state index is 12.0. The highest BCUT2D eigenvalue weighted by Crippen LogP contribution is 2.17. The lowest BCUT2D eigenvalue weighted by atomic mass is 10.1.